The smallest absolute Gasteiger partial charge is 0.0436 e. The predicted molar refractivity (Wildman–Crippen MR) is 90.4 cm³/mol. The van der Waals surface area contributed by atoms with Gasteiger partial charge in [-0.25, -0.2) is 0 Å². The summed E-state index contributed by atoms with van der Waals surface area (Å²) in [6, 6.07) is 13.7. The van der Waals surface area contributed by atoms with Gasteiger partial charge in [-0.2, -0.15) is 0 Å². The molecule has 4 rings (SSSR count). The van der Waals surface area contributed by atoms with E-state index in [-0.39, 0.29) is 0 Å². The average Bonchev–Trinajstić information content (AvgIpc) is 2.87. The summed E-state index contributed by atoms with van der Waals surface area (Å²) in [5.41, 5.74) is 4.29. The maximum absolute atomic E-state index is 4.38. The van der Waals surface area contributed by atoms with Crippen LogP contribution in [0.1, 0.15) is 23.5 Å². The van der Waals surface area contributed by atoms with Gasteiger partial charge >= 0.3 is 0 Å². The van der Waals surface area contributed by atoms with Gasteiger partial charge in [-0.1, -0.05) is 30.3 Å². The summed E-state index contributed by atoms with van der Waals surface area (Å²) in [6.45, 7) is 3.46. The van der Waals surface area contributed by atoms with Gasteiger partial charge in [0.1, 0.15) is 0 Å². The summed E-state index contributed by atoms with van der Waals surface area (Å²) >= 11 is 0. The minimum atomic E-state index is 0.623. The zero-order chi connectivity index (χ0) is 14.9. The third-order valence-corrected chi connectivity index (χ3v) is 5.20. The molecule has 2 aliphatic rings. The molecule has 0 amide bonds. The van der Waals surface area contributed by atoms with Crippen molar-refractivity contribution in [1.29, 1.82) is 0 Å². The van der Waals surface area contributed by atoms with Crippen molar-refractivity contribution in [2.45, 2.75) is 24.8 Å². The van der Waals surface area contributed by atoms with E-state index in [1.165, 1.54) is 29.8 Å². The molecule has 1 aromatic carbocycles. The molecule has 1 fully saturated rings. The highest BCUT2D eigenvalue weighted by Gasteiger charge is 2.40. The second-order valence-electron chi connectivity index (χ2n) is 6.59. The van der Waals surface area contributed by atoms with E-state index in [0.29, 0.717) is 12.0 Å². The fourth-order valence-electron chi connectivity index (χ4n) is 4.09. The molecule has 1 saturated heterocycles. The number of likely N-dealkylation sites (N-methyl/N-ethyl adjacent to an activating group) is 1. The molecule has 0 radical (unpaired) electrons. The van der Waals surface area contributed by atoms with Crippen molar-refractivity contribution in [3.63, 3.8) is 0 Å². The summed E-state index contributed by atoms with van der Waals surface area (Å²) in [4.78, 5) is 9.48. The molecule has 0 N–H and O–H groups in total. The van der Waals surface area contributed by atoms with E-state index in [1.807, 2.05) is 6.20 Å². The summed E-state index contributed by atoms with van der Waals surface area (Å²) in [5.74, 6) is 0.623. The van der Waals surface area contributed by atoms with Crippen molar-refractivity contribution in [1.82, 2.24) is 9.88 Å². The average molecular weight is 293 g/mol. The van der Waals surface area contributed by atoms with E-state index in [1.54, 1.807) is 0 Å². The van der Waals surface area contributed by atoms with Gasteiger partial charge in [-0.3, -0.25) is 4.98 Å². The standard InChI is InChI=1S/C19H23N3/c1-21-11-9-19-17(14-21)16-13-20-10-7-18(16)22(19)12-8-15-5-3-2-4-6-15/h2-7,10,13,17,19H,8-9,11-12,14H2,1H3. The molecule has 2 unspecified atom stereocenters. The second-order valence-corrected chi connectivity index (χ2v) is 6.59. The van der Waals surface area contributed by atoms with Crippen molar-refractivity contribution >= 4 is 5.69 Å². The highest BCUT2D eigenvalue weighted by Crippen LogP contribution is 2.43. The fourth-order valence-corrected chi connectivity index (χ4v) is 4.09. The van der Waals surface area contributed by atoms with Crippen LogP contribution in [0.15, 0.2) is 48.8 Å². The number of benzene rings is 1. The monoisotopic (exact) mass is 293 g/mol. The molecular weight excluding hydrogens is 270 g/mol. The van der Waals surface area contributed by atoms with Gasteiger partial charge in [-0.15, -0.1) is 0 Å². The van der Waals surface area contributed by atoms with Crippen molar-refractivity contribution in [3.05, 3.63) is 59.9 Å². The maximum Gasteiger partial charge on any atom is 0.0436 e. The first-order chi connectivity index (χ1) is 10.8. The largest absolute Gasteiger partial charge is 0.367 e. The van der Waals surface area contributed by atoms with E-state index in [4.69, 9.17) is 0 Å². The summed E-state index contributed by atoms with van der Waals surface area (Å²) in [5, 5.41) is 0. The first-order valence-electron chi connectivity index (χ1n) is 8.26. The van der Waals surface area contributed by atoms with E-state index in [2.05, 4.69) is 64.4 Å². The Hall–Kier alpha value is -1.87. The van der Waals surface area contributed by atoms with Crippen LogP contribution in [-0.4, -0.2) is 42.6 Å². The molecule has 2 aliphatic heterocycles. The molecule has 1 aromatic heterocycles. The van der Waals surface area contributed by atoms with Crippen LogP contribution in [0.4, 0.5) is 5.69 Å². The molecule has 3 heteroatoms. The quantitative estimate of drug-likeness (QED) is 0.867. The molecule has 0 bridgehead atoms. The van der Waals surface area contributed by atoms with Gasteiger partial charge in [0.25, 0.3) is 0 Å². The zero-order valence-electron chi connectivity index (χ0n) is 13.2. The first kappa shape index (κ1) is 13.8. The van der Waals surface area contributed by atoms with Crippen LogP contribution < -0.4 is 4.90 Å². The van der Waals surface area contributed by atoms with Crippen molar-refractivity contribution in [2.75, 3.05) is 31.6 Å². The highest BCUT2D eigenvalue weighted by molar-refractivity contribution is 5.61. The fraction of sp³-hybridized carbons (Fsp3) is 0.421. The van der Waals surface area contributed by atoms with Gasteiger partial charge in [0.2, 0.25) is 0 Å². The van der Waals surface area contributed by atoms with Crippen LogP contribution in [-0.2, 0) is 6.42 Å². The van der Waals surface area contributed by atoms with Crippen molar-refractivity contribution < 1.29 is 0 Å². The van der Waals surface area contributed by atoms with Crippen LogP contribution in [0, 0.1) is 0 Å². The van der Waals surface area contributed by atoms with E-state index >= 15 is 0 Å². The predicted octanol–water partition coefficient (Wildman–Crippen LogP) is 2.93. The second kappa shape index (κ2) is 5.73. The van der Waals surface area contributed by atoms with Gasteiger partial charge in [-0.05, 0) is 38.1 Å². The Morgan fingerprint density at radius 1 is 1.18 bits per heavy atom. The minimum absolute atomic E-state index is 0.623. The van der Waals surface area contributed by atoms with Crippen molar-refractivity contribution in [3.8, 4) is 0 Å². The van der Waals surface area contributed by atoms with Crippen LogP contribution in [0.25, 0.3) is 0 Å². The molecule has 3 nitrogen and oxygen atoms in total. The molecule has 2 atom stereocenters. The number of nitrogens with zero attached hydrogens (tertiary/aromatic N) is 3. The van der Waals surface area contributed by atoms with E-state index in [9.17, 15) is 0 Å². The Kier molecular flexibility index (Phi) is 3.59. The summed E-state index contributed by atoms with van der Waals surface area (Å²) < 4.78 is 0. The molecule has 0 saturated carbocycles. The maximum atomic E-state index is 4.38. The molecule has 0 spiro atoms. The number of hydrogen-bond acceptors (Lipinski definition) is 3. The van der Waals surface area contributed by atoms with E-state index in [0.717, 1.165) is 19.5 Å². The Labute approximate surface area is 132 Å². The lowest BCUT2D eigenvalue weighted by Crippen LogP contribution is -2.45. The van der Waals surface area contributed by atoms with Gasteiger partial charge in [0.15, 0.2) is 0 Å². The lowest BCUT2D eigenvalue weighted by molar-refractivity contribution is 0.231. The molecule has 22 heavy (non-hydrogen) atoms. The molecule has 114 valence electrons. The lowest BCUT2D eigenvalue weighted by atomic mass is 9.90. The van der Waals surface area contributed by atoms with Gasteiger partial charge in [0, 0.05) is 48.7 Å². The van der Waals surface area contributed by atoms with E-state index < -0.39 is 0 Å². The molecule has 2 aromatic rings. The normalized spacial score (nSPS) is 24.1. The van der Waals surface area contributed by atoms with Crippen molar-refractivity contribution in [2.24, 2.45) is 0 Å². The Morgan fingerprint density at radius 3 is 2.91 bits per heavy atom. The first-order valence-corrected chi connectivity index (χ1v) is 8.26. The Bertz CT molecular complexity index is 640. The number of aromatic nitrogens is 1. The molecular formula is C19H23N3. The number of pyridine rings is 1. The van der Waals surface area contributed by atoms with Gasteiger partial charge in [0.05, 0.1) is 0 Å². The summed E-state index contributed by atoms with van der Waals surface area (Å²) in [7, 11) is 2.24. The highest BCUT2D eigenvalue weighted by atomic mass is 15.2. The molecule has 0 aliphatic carbocycles. The number of rotatable bonds is 3. The number of likely N-dealkylation sites (tertiary alicyclic amines) is 1. The number of piperidine rings is 1. The van der Waals surface area contributed by atoms with Crippen LogP contribution in [0.5, 0.6) is 0 Å². The van der Waals surface area contributed by atoms with Gasteiger partial charge < -0.3 is 9.80 Å². The number of anilines is 1. The Morgan fingerprint density at radius 2 is 2.05 bits per heavy atom. The third kappa shape index (κ3) is 2.40. The third-order valence-electron chi connectivity index (χ3n) is 5.20. The lowest BCUT2D eigenvalue weighted by Gasteiger charge is -2.37. The minimum Gasteiger partial charge on any atom is -0.367 e. The number of hydrogen-bond donors (Lipinski definition) is 0. The van der Waals surface area contributed by atoms with Crippen LogP contribution in [0.3, 0.4) is 0 Å². The topological polar surface area (TPSA) is 19.4 Å². The molecule has 3 heterocycles. The van der Waals surface area contributed by atoms with Crippen LogP contribution >= 0.6 is 0 Å². The summed E-state index contributed by atoms with van der Waals surface area (Å²) in [6.07, 6.45) is 6.40. The Balaban J connectivity index is 1.58. The number of fused-ring (bicyclic) bond motifs is 3. The van der Waals surface area contributed by atoms with Crippen LogP contribution in [0.2, 0.25) is 0 Å². The zero-order valence-corrected chi connectivity index (χ0v) is 13.2. The SMILES string of the molecule is CN1CCC2C(C1)c1cnccc1N2CCc1ccccc1.